The van der Waals surface area contributed by atoms with Gasteiger partial charge in [0.1, 0.15) is 0 Å². The van der Waals surface area contributed by atoms with Crippen LogP contribution in [0.1, 0.15) is 33.3 Å². The van der Waals surface area contributed by atoms with Gasteiger partial charge in [-0.1, -0.05) is 6.07 Å². The Morgan fingerprint density at radius 1 is 1.19 bits per heavy atom. The molecule has 0 fully saturated rings. The smallest absolute Gasteiger partial charge is 0.246 e. The van der Waals surface area contributed by atoms with E-state index >= 15 is 0 Å². The standard InChI is InChI=1S/C13H19NO2/c1-12(2,14)8-9-5-6-10-11(7-9)16-13(3,4)15-10/h5-7H,8,14H2,1-4H3. The number of rotatable bonds is 2. The second-order valence-electron chi connectivity index (χ2n) is 5.55. The Bertz CT molecular complexity index is 405. The van der Waals surface area contributed by atoms with E-state index < -0.39 is 5.79 Å². The fourth-order valence-electron chi connectivity index (χ4n) is 1.90. The van der Waals surface area contributed by atoms with E-state index in [2.05, 4.69) is 0 Å². The van der Waals surface area contributed by atoms with Crippen molar-refractivity contribution in [3.63, 3.8) is 0 Å². The van der Waals surface area contributed by atoms with Crippen LogP contribution in [0.2, 0.25) is 0 Å². The number of hydrogen-bond donors (Lipinski definition) is 1. The van der Waals surface area contributed by atoms with Gasteiger partial charge in [0.15, 0.2) is 11.5 Å². The van der Waals surface area contributed by atoms with Gasteiger partial charge in [-0.15, -0.1) is 0 Å². The summed E-state index contributed by atoms with van der Waals surface area (Å²) in [5.41, 5.74) is 6.96. The molecule has 3 nitrogen and oxygen atoms in total. The maximum atomic E-state index is 5.99. The van der Waals surface area contributed by atoms with Crippen molar-refractivity contribution in [2.45, 2.75) is 45.4 Å². The average molecular weight is 221 g/mol. The van der Waals surface area contributed by atoms with Crippen LogP contribution in [0.3, 0.4) is 0 Å². The van der Waals surface area contributed by atoms with E-state index in [1.165, 1.54) is 5.56 Å². The van der Waals surface area contributed by atoms with Gasteiger partial charge < -0.3 is 15.2 Å². The lowest BCUT2D eigenvalue weighted by Gasteiger charge is -2.18. The number of benzene rings is 1. The lowest BCUT2D eigenvalue weighted by molar-refractivity contribution is -0.0431. The molecule has 0 bridgehead atoms. The fourth-order valence-corrected chi connectivity index (χ4v) is 1.90. The molecular formula is C13H19NO2. The highest BCUT2D eigenvalue weighted by Crippen LogP contribution is 2.39. The summed E-state index contributed by atoms with van der Waals surface area (Å²) in [6, 6.07) is 6.00. The first kappa shape index (κ1) is 11.3. The van der Waals surface area contributed by atoms with Crippen LogP contribution in [-0.4, -0.2) is 11.3 Å². The van der Waals surface area contributed by atoms with Crippen molar-refractivity contribution >= 4 is 0 Å². The number of ether oxygens (including phenoxy) is 2. The minimum absolute atomic E-state index is 0.205. The van der Waals surface area contributed by atoms with Crippen LogP contribution in [0.5, 0.6) is 11.5 Å². The zero-order chi connectivity index (χ0) is 12.0. The summed E-state index contributed by atoms with van der Waals surface area (Å²) in [7, 11) is 0. The largest absolute Gasteiger partial charge is 0.449 e. The Morgan fingerprint density at radius 3 is 2.44 bits per heavy atom. The Kier molecular flexibility index (Phi) is 2.39. The van der Waals surface area contributed by atoms with Crippen LogP contribution in [0.4, 0.5) is 0 Å². The maximum Gasteiger partial charge on any atom is 0.246 e. The van der Waals surface area contributed by atoms with Gasteiger partial charge in [-0.2, -0.15) is 0 Å². The highest BCUT2D eigenvalue weighted by Gasteiger charge is 2.31. The molecule has 1 aliphatic heterocycles. The fraction of sp³-hybridized carbons (Fsp3) is 0.538. The summed E-state index contributed by atoms with van der Waals surface area (Å²) in [5.74, 6) is 1.06. The number of nitrogens with two attached hydrogens (primary N) is 1. The molecule has 16 heavy (non-hydrogen) atoms. The summed E-state index contributed by atoms with van der Waals surface area (Å²) in [5, 5.41) is 0. The van der Waals surface area contributed by atoms with Crippen molar-refractivity contribution in [2.24, 2.45) is 5.73 Å². The first-order valence-electron chi connectivity index (χ1n) is 5.55. The summed E-state index contributed by atoms with van der Waals surface area (Å²) in [4.78, 5) is 0. The molecule has 0 atom stereocenters. The van der Waals surface area contributed by atoms with Crippen molar-refractivity contribution in [3.8, 4) is 11.5 Å². The molecule has 0 unspecified atom stereocenters. The van der Waals surface area contributed by atoms with Crippen molar-refractivity contribution in [2.75, 3.05) is 0 Å². The molecule has 0 amide bonds. The monoisotopic (exact) mass is 221 g/mol. The summed E-state index contributed by atoms with van der Waals surface area (Å²) in [6.07, 6.45) is 0.823. The molecule has 88 valence electrons. The van der Waals surface area contributed by atoms with Crippen LogP contribution in [0.15, 0.2) is 18.2 Å². The predicted octanol–water partition coefficient (Wildman–Crippen LogP) is 2.47. The minimum Gasteiger partial charge on any atom is -0.449 e. The maximum absolute atomic E-state index is 5.99. The molecule has 0 aliphatic carbocycles. The van der Waals surface area contributed by atoms with E-state index in [9.17, 15) is 0 Å². The second-order valence-corrected chi connectivity index (χ2v) is 5.55. The van der Waals surface area contributed by atoms with Gasteiger partial charge in [0, 0.05) is 19.4 Å². The molecule has 1 heterocycles. The quantitative estimate of drug-likeness (QED) is 0.834. The average Bonchev–Trinajstić information content (AvgIpc) is 2.34. The van der Waals surface area contributed by atoms with Crippen LogP contribution in [0, 0.1) is 0 Å². The van der Waals surface area contributed by atoms with Crippen molar-refractivity contribution < 1.29 is 9.47 Å². The second kappa shape index (κ2) is 3.39. The molecule has 0 aromatic heterocycles. The zero-order valence-electron chi connectivity index (χ0n) is 10.3. The van der Waals surface area contributed by atoms with E-state index in [4.69, 9.17) is 15.2 Å². The number of fused-ring (bicyclic) bond motifs is 1. The summed E-state index contributed by atoms with van der Waals surface area (Å²) >= 11 is 0. The predicted molar refractivity (Wildman–Crippen MR) is 63.7 cm³/mol. The third-order valence-electron chi connectivity index (χ3n) is 2.38. The van der Waals surface area contributed by atoms with E-state index in [1.54, 1.807) is 0 Å². The Morgan fingerprint density at radius 2 is 1.81 bits per heavy atom. The van der Waals surface area contributed by atoms with Crippen LogP contribution in [0.25, 0.3) is 0 Å². The highest BCUT2D eigenvalue weighted by molar-refractivity contribution is 5.46. The lowest BCUT2D eigenvalue weighted by Crippen LogP contribution is -2.34. The van der Waals surface area contributed by atoms with Crippen LogP contribution in [-0.2, 0) is 6.42 Å². The van der Waals surface area contributed by atoms with E-state index in [0.29, 0.717) is 0 Å². The normalized spacial score (nSPS) is 17.6. The first-order valence-corrected chi connectivity index (χ1v) is 5.55. The van der Waals surface area contributed by atoms with Gasteiger partial charge in [0.25, 0.3) is 0 Å². The SMILES string of the molecule is CC(C)(N)Cc1ccc2c(c1)OC(C)(C)O2. The van der Waals surface area contributed by atoms with E-state index in [1.807, 2.05) is 45.9 Å². The topological polar surface area (TPSA) is 44.5 Å². The van der Waals surface area contributed by atoms with Crippen LogP contribution < -0.4 is 15.2 Å². The molecule has 0 radical (unpaired) electrons. The molecule has 1 aliphatic rings. The summed E-state index contributed by atoms with van der Waals surface area (Å²) in [6.45, 7) is 7.84. The molecule has 1 aromatic rings. The zero-order valence-corrected chi connectivity index (χ0v) is 10.3. The molecule has 0 saturated heterocycles. The van der Waals surface area contributed by atoms with Gasteiger partial charge >= 0.3 is 0 Å². The van der Waals surface area contributed by atoms with Gasteiger partial charge in [-0.3, -0.25) is 0 Å². The van der Waals surface area contributed by atoms with E-state index in [-0.39, 0.29) is 5.54 Å². The molecule has 1 aromatic carbocycles. The minimum atomic E-state index is -0.556. The van der Waals surface area contributed by atoms with Crippen molar-refractivity contribution in [1.82, 2.24) is 0 Å². The van der Waals surface area contributed by atoms with Crippen LogP contribution >= 0.6 is 0 Å². The Labute approximate surface area is 96.5 Å². The van der Waals surface area contributed by atoms with Crippen molar-refractivity contribution in [3.05, 3.63) is 23.8 Å². The highest BCUT2D eigenvalue weighted by atomic mass is 16.7. The van der Waals surface area contributed by atoms with E-state index in [0.717, 1.165) is 17.9 Å². The van der Waals surface area contributed by atoms with Gasteiger partial charge in [0.2, 0.25) is 5.79 Å². The third-order valence-corrected chi connectivity index (χ3v) is 2.38. The third kappa shape index (κ3) is 2.47. The first-order chi connectivity index (χ1) is 7.25. The summed E-state index contributed by atoms with van der Waals surface area (Å²) < 4.78 is 11.3. The molecule has 3 heteroatoms. The lowest BCUT2D eigenvalue weighted by atomic mass is 9.96. The molecule has 2 N–H and O–H groups in total. The van der Waals surface area contributed by atoms with Gasteiger partial charge in [0.05, 0.1) is 0 Å². The van der Waals surface area contributed by atoms with Gasteiger partial charge in [-0.05, 0) is 38.0 Å². The van der Waals surface area contributed by atoms with Crippen molar-refractivity contribution in [1.29, 1.82) is 0 Å². The molecule has 0 spiro atoms. The molecule has 2 rings (SSSR count). The number of hydrogen-bond acceptors (Lipinski definition) is 3. The van der Waals surface area contributed by atoms with Gasteiger partial charge in [-0.25, -0.2) is 0 Å². The Balaban J connectivity index is 2.23. The molecular weight excluding hydrogens is 202 g/mol. The molecule has 0 saturated carbocycles. The Hall–Kier alpha value is -1.22.